The highest BCUT2D eigenvalue weighted by molar-refractivity contribution is 5.73. The van der Waals surface area contributed by atoms with Crippen molar-refractivity contribution in [2.45, 2.75) is 52.9 Å². The average molecular weight is 409 g/mol. The maximum atomic E-state index is 5.32. The highest BCUT2D eigenvalue weighted by Gasteiger charge is 2.27. The molecule has 2 aromatic heterocycles. The number of benzene rings is 1. The van der Waals surface area contributed by atoms with Crippen LogP contribution in [0, 0.1) is 6.92 Å². The van der Waals surface area contributed by atoms with Gasteiger partial charge in [-0.05, 0) is 52.0 Å². The number of hydrogen-bond acceptors (Lipinski definition) is 5. The average Bonchev–Trinajstić information content (AvgIpc) is 3.21. The molecule has 0 radical (unpaired) electrons. The van der Waals surface area contributed by atoms with Crippen molar-refractivity contribution in [3.05, 3.63) is 47.5 Å². The van der Waals surface area contributed by atoms with Gasteiger partial charge in [-0.15, -0.1) is 0 Å². The second-order valence-electron chi connectivity index (χ2n) is 9.07. The van der Waals surface area contributed by atoms with E-state index in [1.807, 2.05) is 30.1 Å². The summed E-state index contributed by atoms with van der Waals surface area (Å²) in [5, 5.41) is 8.09. The summed E-state index contributed by atoms with van der Waals surface area (Å²) in [7, 11) is 3.68. The molecule has 7 heteroatoms. The molecule has 1 N–H and O–H groups in total. The van der Waals surface area contributed by atoms with E-state index in [2.05, 4.69) is 59.7 Å². The van der Waals surface area contributed by atoms with Gasteiger partial charge in [0.1, 0.15) is 23.1 Å². The van der Waals surface area contributed by atoms with E-state index in [1.165, 1.54) is 11.3 Å². The lowest BCUT2D eigenvalue weighted by Crippen LogP contribution is -2.35. The van der Waals surface area contributed by atoms with Crippen LogP contribution in [0.15, 0.2) is 30.5 Å². The number of nitrogens with zero attached hydrogens (tertiary/aromatic N) is 5. The molecule has 0 amide bonds. The van der Waals surface area contributed by atoms with Crippen LogP contribution < -0.4 is 10.1 Å². The highest BCUT2D eigenvalue weighted by atomic mass is 16.5. The monoisotopic (exact) mass is 408 g/mol. The van der Waals surface area contributed by atoms with Gasteiger partial charge in [-0.2, -0.15) is 5.10 Å². The SMILES string of the molecule is COc1ccc(-c2nc3n(c2NC(C)(C)C)CCN(Cc2cnn(C)c2C)C3)cc1. The topological polar surface area (TPSA) is 60.1 Å². The van der Waals surface area contributed by atoms with E-state index >= 15 is 0 Å². The van der Waals surface area contributed by atoms with E-state index in [0.717, 1.165) is 54.8 Å². The Morgan fingerprint density at radius 1 is 1.13 bits per heavy atom. The molecule has 0 spiro atoms. The van der Waals surface area contributed by atoms with Crippen molar-refractivity contribution in [1.82, 2.24) is 24.2 Å². The number of imidazole rings is 1. The highest BCUT2D eigenvalue weighted by Crippen LogP contribution is 2.34. The van der Waals surface area contributed by atoms with Crippen molar-refractivity contribution >= 4 is 5.82 Å². The van der Waals surface area contributed by atoms with Gasteiger partial charge in [0.15, 0.2) is 0 Å². The first-order chi connectivity index (χ1) is 14.2. The Morgan fingerprint density at radius 3 is 2.47 bits per heavy atom. The Labute approximate surface area is 178 Å². The van der Waals surface area contributed by atoms with E-state index in [9.17, 15) is 0 Å². The minimum atomic E-state index is -0.0536. The molecule has 0 fully saturated rings. The molecule has 1 aliphatic rings. The van der Waals surface area contributed by atoms with Crippen molar-refractivity contribution in [3.8, 4) is 17.0 Å². The summed E-state index contributed by atoms with van der Waals surface area (Å²) in [5.41, 5.74) is 4.54. The number of fused-ring (bicyclic) bond motifs is 1. The summed E-state index contributed by atoms with van der Waals surface area (Å²) in [4.78, 5) is 7.53. The smallest absolute Gasteiger partial charge is 0.134 e. The first kappa shape index (κ1) is 20.5. The van der Waals surface area contributed by atoms with E-state index in [4.69, 9.17) is 9.72 Å². The van der Waals surface area contributed by atoms with Crippen LogP contribution in [-0.4, -0.2) is 43.4 Å². The summed E-state index contributed by atoms with van der Waals surface area (Å²) in [6.45, 7) is 12.3. The van der Waals surface area contributed by atoms with Gasteiger partial charge in [-0.25, -0.2) is 4.98 Å². The van der Waals surface area contributed by atoms with Crippen LogP contribution in [0.3, 0.4) is 0 Å². The lowest BCUT2D eigenvalue weighted by Gasteiger charge is -2.30. The third kappa shape index (κ3) is 4.07. The van der Waals surface area contributed by atoms with Crippen molar-refractivity contribution < 1.29 is 4.74 Å². The van der Waals surface area contributed by atoms with Gasteiger partial charge in [0.2, 0.25) is 0 Å². The minimum absolute atomic E-state index is 0.0536. The Bertz CT molecular complexity index is 1030. The van der Waals surface area contributed by atoms with Crippen LogP contribution in [-0.2, 0) is 26.7 Å². The van der Waals surface area contributed by atoms with Gasteiger partial charge in [0.25, 0.3) is 0 Å². The number of rotatable bonds is 5. The standard InChI is InChI=1S/C23H32N6O/c1-16-18(13-24-27(16)5)14-28-11-12-29-20(15-28)25-21(22(29)26-23(2,3)4)17-7-9-19(30-6)10-8-17/h7-10,13,26H,11-12,14-15H2,1-6H3. The zero-order valence-corrected chi connectivity index (χ0v) is 18.9. The summed E-state index contributed by atoms with van der Waals surface area (Å²) < 4.78 is 9.61. The quantitative estimate of drug-likeness (QED) is 0.695. The van der Waals surface area contributed by atoms with Gasteiger partial charge in [0.05, 0.1) is 19.9 Å². The van der Waals surface area contributed by atoms with E-state index in [1.54, 1.807) is 7.11 Å². The van der Waals surface area contributed by atoms with Gasteiger partial charge in [-0.1, -0.05) is 0 Å². The zero-order valence-electron chi connectivity index (χ0n) is 18.9. The molecule has 0 saturated carbocycles. The Hall–Kier alpha value is -2.80. The van der Waals surface area contributed by atoms with Crippen molar-refractivity contribution in [2.24, 2.45) is 7.05 Å². The molecule has 160 valence electrons. The van der Waals surface area contributed by atoms with Crippen molar-refractivity contribution in [1.29, 1.82) is 0 Å². The molecule has 7 nitrogen and oxygen atoms in total. The van der Waals surface area contributed by atoms with E-state index < -0.39 is 0 Å². The molecule has 0 bridgehead atoms. The maximum absolute atomic E-state index is 5.32. The van der Waals surface area contributed by atoms with Gasteiger partial charge >= 0.3 is 0 Å². The third-order valence-corrected chi connectivity index (χ3v) is 5.64. The summed E-state index contributed by atoms with van der Waals surface area (Å²) in [5.74, 6) is 3.05. The number of anilines is 1. The fourth-order valence-corrected chi connectivity index (χ4v) is 3.89. The third-order valence-electron chi connectivity index (χ3n) is 5.64. The summed E-state index contributed by atoms with van der Waals surface area (Å²) >= 11 is 0. The largest absolute Gasteiger partial charge is 0.497 e. The Morgan fingerprint density at radius 2 is 1.87 bits per heavy atom. The number of nitrogens with one attached hydrogen (secondary N) is 1. The number of aromatic nitrogens is 4. The van der Waals surface area contributed by atoms with Crippen molar-refractivity contribution in [3.63, 3.8) is 0 Å². The predicted molar refractivity (Wildman–Crippen MR) is 120 cm³/mol. The molecule has 0 aliphatic carbocycles. The molecule has 1 aliphatic heterocycles. The minimum Gasteiger partial charge on any atom is -0.497 e. The second-order valence-corrected chi connectivity index (χ2v) is 9.07. The number of ether oxygens (including phenoxy) is 1. The molecule has 3 aromatic rings. The van der Waals surface area contributed by atoms with Gasteiger partial charge in [-0.3, -0.25) is 9.58 Å². The fraction of sp³-hybridized carbons (Fsp3) is 0.478. The number of methoxy groups -OCH3 is 1. The number of aryl methyl sites for hydroxylation is 1. The van der Waals surface area contributed by atoms with Crippen LogP contribution >= 0.6 is 0 Å². The first-order valence-electron chi connectivity index (χ1n) is 10.5. The summed E-state index contributed by atoms with van der Waals surface area (Å²) in [6, 6.07) is 8.15. The molecular weight excluding hydrogens is 376 g/mol. The van der Waals surface area contributed by atoms with E-state index in [0.29, 0.717) is 0 Å². The second kappa shape index (κ2) is 7.80. The van der Waals surface area contributed by atoms with Crippen LogP contribution in [0.1, 0.15) is 37.9 Å². The molecule has 3 heterocycles. The van der Waals surface area contributed by atoms with Crippen LogP contribution in [0.4, 0.5) is 5.82 Å². The molecular formula is C23H32N6O. The molecule has 0 atom stereocenters. The van der Waals surface area contributed by atoms with E-state index in [-0.39, 0.29) is 5.54 Å². The van der Waals surface area contributed by atoms with Crippen LogP contribution in [0.25, 0.3) is 11.3 Å². The van der Waals surface area contributed by atoms with Crippen LogP contribution in [0.5, 0.6) is 5.75 Å². The van der Waals surface area contributed by atoms with Crippen molar-refractivity contribution in [2.75, 3.05) is 19.0 Å². The molecule has 0 unspecified atom stereocenters. The lowest BCUT2D eigenvalue weighted by molar-refractivity contribution is 0.209. The molecule has 4 rings (SSSR count). The van der Waals surface area contributed by atoms with Gasteiger partial charge in [0, 0.05) is 49.0 Å². The first-order valence-corrected chi connectivity index (χ1v) is 10.5. The van der Waals surface area contributed by atoms with Crippen LogP contribution in [0.2, 0.25) is 0 Å². The molecule has 1 aromatic carbocycles. The van der Waals surface area contributed by atoms with Gasteiger partial charge < -0.3 is 14.6 Å². The molecule has 30 heavy (non-hydrogen) atoms. The predicted octanol–water partition coefficient (Wildman–Crippen LogP) is 3.83. The maximum Gasteiger partial charge on any atom is 0.134 e. The molecule has 0 saturated heterocycles. The number of hydrogen-bond donors (Lipinski definition) is 1. The summed E-state index contributed by atoms with van der Waals surface area (Å²) in [6.07, 6.45) is 1.98. The zero-order chi connectivity index (χ0) is 21.5. The lowest BCUT2D eigenvalue weighted by atomic mass is 10.1. The fourth-order valence-electron chi connectivity index (χ4n) is 3.89. The Balaban J connectivity index is 1.65. The Kier molecular flexibility index (Phi) is 5.32. The normalized spacial score (nSPS) is 14.6.